The van der Waals surface area contributed by atoms with Crippen LogP contribution in [0.1, 0.15) is 40.3 Å². The zero-order chi connectivity index (χ0) is 18.1. The van der Waals surface area contributed by atoms with Gasteiger partial charge < -0.3 is 4.74 Å². The van der Waals surface area contributed by atoms with Crippen molar-refractivity contribution in [2.24, 2.45) is 5.92 Å². The second kappa shape index (κ2) is 7.20. The number of benzene rings is 3. The largest absolute Gasteiger partial charge is 0.497 e. The van der Waals surface area contributed by atoms with Gasteiger partial charge in [-0.05, 0) is 47.2 Å². The molecule has 2 heteroatoms. The molecule has 26 heavy (non-hydrogen) atoms. The molecule has 0 saturated heterocycles. The van der Waals surface area contributed by atoms with Crippen molar-refractivity contribution in [1.82, 2.24) is 0 Å². The van der Waals surface area contributed by atoms with Gasteiger partial charge in [-0.15, -0.1) is 11.8 Å². The number of thioether (sulfide) groups is 1. The van der Waals surface area contributed by atoms with Gasteiger partial charge in [0.15, 0.2) is 0 Å². The number of hydrogen-bond donors (Lipinski definition) is 0. The number of methoxy groups -OCH3 is 1. The van der Waals surface area contributed by atoms with Gasteiger partial charge in [-0.1, -0.05) is 67.6 Å². The molecule has 0 unspecified atom stereocenters. The van der Waals surface area contributed by atoms with Gasteiger partial charge in [0.25, 0.3) is 0 Å². The predicted octanol–water partition coefficient (Wildman–Crippen LogP) is 6.62. The van der Waals surface area contributed by atoms with Gasteiger partial charge in [-0.3, -0.25) is 0 Å². The molecule has 1 aliphatic rings. The quantitative estimate of drug-likeness (QED) is 0.519. The molecule has 3 atom stereocenters. The van der Waals surface area contributed by atoms with Crippen LogP contribution in [-0.4, -0.2) is 7.11 Å². The number of ether oxygens (including phenoxy) is 1. The van der Waals surface area contributed by atoms with Crippen LogP contribution in [0, 0.1) is 12.8 Å². The van der Waals surface area contributed by atoms with Crippen LogP contribution in [0.4, 0.5) is 0 Å². The summed E-state index contributed by atoms with van der Waals surface area (Å²) in [5.41, 5.74) is 5.61. The van der Waals surface area contributed by atoms with Crippen LogP contribution in [0.15, 0.2) is 77.7 Å². The fourth-order valence-corrected chi connectivity index (χ4v) is 5.59. The summed E-state index contributed by atoms with van der Waals surface area (Å²) in [5.74, 6) is 1.81. The predicted molar refractivity (Wildman–Crippen MR) is 110 cm³/mol. The monoisotopic (exact) mass is 360 g/mol. The van der Waals surface area contributed by atoms with Crippen molar-refractivity contribution in [3.8, 4) is 5.75 Å². The molecule has 0 spiro atoms. The Morgan fingerprint density at radius 3 is 2.23 bits per heavy atom. The number of hydrogen-bond acceptors (Lipinski definition) is 2. The number of aryl methyl sites for hydroxylation is 1. The summed E-state index contributed by atoms with van der Waals surface area (Å²) in [6.45, 7) is 4.62. The van der Waals surface area contributed by atoms with Crippen LogP contribution in [0.2, 0.25) is 0 Å². The van der Waals surface area contributed by atoms with E-state index in [1.807, 2.05) is 11.8 Å². The van der Waals surface area contributed by atoms with E-state index in [-0.39, 0.29) is 0 Å². The van der Waals surface area contributed by atoms with Crippen molar-refractivity contribution < 1.29 is 4.74 Å². The molecule has 0 N–H and O–H groups in total. The van der Waals surface area contributed by atoms with E-state index in [9.17, 15) is 0 Å². The van der Waals surface area contributed by atoms with Gasteiger partial charge in [-0.25, -0.2) is 0 Å². The van der Waals surface area contributed by atoms with E-state index in [1.165, 1.54) is 27.1 Å². The summed E-state index contributed by atoms with van der Waals surface area (Å²) in [7, 11) is 1.72. The summed E-state index contributed by atoms with van der Waals surface area (Å²) in [6, 6.07) is 26.3. The average Bonchev–Trinajstić information content (AvgIpc) is 2.69. The van der Waals surface area contributed by atoms with Gasteiger partial charge in [0, 0.05) is 16.1 Å². The van der Waals surface area contributed by atoms with Gasteiger partial charge in [0.2, 0.25) is 0 Å². The number of fused-ring (bicyclic) bond motifs is 1. The fraction of sp³-hybridized carbons (Fsp3) is 0.250. The third kappa shape index (κ3) is 3.03. The third-order valence-electron chi connectivity index (χ3n) is 5.43. The van der Waals surface area contributed by atoms with E-state index in [1.54, 1.807) is 7.11 Å². The van der Waals surface area contributed by atoms with Crippen LogP contribution in [0.5, 0.6) is 5.75 Å². The fourth-order valence-electron chi connectivity index (χ4n) is 4.08. The Kier molecular flexibility index (Phi) is 4.78. The molecule has 3 aromatic carbocycles. The van der Waals surface area contributed by atoms with Gasteiger partial charge in [-0.2, -0.15) is 0 Å². The van der Waals surface area contributed by atoms with Crippen LogP contribution >= 0.6 is 11.8 Å². The van der Waals surface area contributed by atoms with Crippen LogP contribution in [-0.2, 0) is 0 Å². The summed E-state index contributed by atoms with van der Waals surface area (Å²) in [6.07, 6.45) is 0. The molecule has 132 valence electrons. The van der Waals surface area contributed by atoms with E-state index >= 15 is 0 Å². The lowest BCUT2D eigenvalue weighted by atomic mass is 9.77. The number of rotatable bonds is 3. The van der Waals surface area contributed by atoms with Crippen molar-refractivity contribution in [3.05, 3.63) is 95.1 Å². The van der Waals surface area contributed by atoms with Crippen molar-refractivity contribution >= 4 is 11.8 Å². The van der Waals surface area contributed by atoms with Crippen molar-refractivity contribution in [2.45, 2.75) is 29.9 Å². The molecule has 3 aromatic rings. The average molecular weight is 361 g/mol. The molecular formula is C24H24OS. The maximum atomic E-state index is 5.36. The molecule has 1 heterocycles. The van der Waals surface area contributed by atoms with E-state index in [0.29, 0.717) is 17.1 Å². The minimum Gasteiger partial charge on any atom is -0.497 e. The Morgan fingerprint density at radius 2 is 1.54 bits per heavy atom. The van der Waals surface area contributed by atoms with Gasteiger partial charge in [0.1, 0.15) is 5.75 Å². The SMILES string of the molecule is COc1ccc([C@H]2c3cccc(C)c3S[C@@H](c3ccccc3)[C@@H]2C)cc1. The Hall–Kier alpha value is -2.19. The Balaban J connectivity index is 1.84. The Bertz CT molecular complexity index is 886. The zero-order valence-electron chi connectivity index (χ0n) is 15.5. The first-order valence-electron chi connectivity index (χ1n) is 9.14. The summed E-state index contributed by atoms with van der Waals surface area (Å²) < 4.78 is 5.36. The van der Waals surface area contributed by atoms with Crippen LogP contribution in [0.3, 0.4) is 0 Å². The second-order valence-corrected chi connectivity index (χ2v) is 8.20. The molecule has 4 rings (SSSR count). The summed E-state index contributed by atoms with van der Waals surface area (Å²) >= 11 is 2.03. The molecule has 0 fully saturated rings. The summed E-state index contributed by atoms with van der Waals surface area (Å²) in [5, 5.41) is 0.455. The maximum absolute atomic E-state index is 5.36. The third-order valence-corrected chi connectivity index (χ3v) is 7.18. The van der Waals surface area contributed by atoms with E-state index < -0.39 is 0 Å². The highest BCUT2D eigenvalue weighted by Crippen LogP contribution is 2.55. The van der Waals surface area contributed by atoms with Gasteiger partial charge >= 0.3 is 0 Å². The maximum Gasteiger partial charge on any atom is 0.118 e. The molecule has 0 aliphatic carbocycles. The summed E-state index contributed by atoms with van der Waals surface area (Å²) in [4.78, 5) is 1.44. The molecule has 0 amide bonds. The molecule has 0 aromatic heterocycles. The molecule has 0 bridgehead atoms. The van der Waals surface area contributed by atoms with E-state index in [2.05, 4.69) is 86.6 Å². The standard InChI is InChI=1S/C24H24OS/c1-16-8-7-11-21-22(18-12-14-20(25-3)15-13-18)17(2)24(26-23(16)21)19-9-5-4-6-10-19/h4-15,17,22,24H,1-3H3/t17-,22+,24-/m1/s1. The highest BCUT2D eigenvalue weighted by molar-refractivity contribution is 7.99. The van der Waals surface area contributed by atoms with E-state index in [4.69, 9.17) is 4.74 Å². The smallest absolute Gasteiger partial charge is 0.118 e. The lowest BCUT2D eigenvalue weighted by Gasteiger charge is -2.38. The second-order valence-electron chi connectivity index (χ2n) is 7.05. The van der Waals surface area contributed by atoms with Crippen LogP contribution in [0.25, 0.3) is 0 Å². The minimum absolute atomic E-state index is 0.391. The molecule has 0 saturated carbocycles. The lowest BCUT2D eigenvalue weighted by Crippen LogP contribution is -2.22. The Morgan fingerprint density at radius 1 is 0.808 bits per heavy atom. The van der Waals surface area contributed by atoms with E-state index in [0.717, 1.165) is 5.75 Å². The Labute approximate surface area is 160 Å². The first kappa shape index (κ1) is 17.2. The molecular weight excluding hydrogens is 336 g/mol. The van der Waals surface area contributed by atoms with Crippen LogP contribution < -0.4 is 4.74 Å². The normalized spacial score (nSPS) is 21.9. The highest BCUT2D eigenvalue weighted by atomic mass is 32.2. The zero-order valence-corrected chi connectivity index (χ0v) is 16.3. The van der Waals surface area contributed by atoms with Crippen molar-refractivity contribution in [2.75, 3.05) is 7.11 Å². The molecule has 0 radical (unpaired) electrons. The van der Waals surface area contributed by atoms with Crippen molar-refractivity contribution in [1.29, 1.82) is 0 Å². The first-order chi connectivity index (χ1) is 12.7. The molecule has 1 aliphatic heterocycles. The van der Waals surface area contributed by atoms with Crippen molar-refractivity contribution in [3.63, 3.8) is 0 Å². The molecule has 1 nitrogen and oxygen atoms in total. The first-order valence-corrected chi connectivity index (χ1v) is 10.0. The van der Waals surface area contributed by atoms with Gasteiger partial charge in [0.05, 0.1) is 7.11 Å². The lowest BCUT2D eigenvalue weighted by molar-refractivity contribution is 0.414. The minimum atomic E-state index is 0.391. The highest BCUT2D eigenvalue weighted by Gasteiger charge is 2.36. The topological polar surface area (TPSA) is 9.23 Å².